The van der Waals surface area contributed by atoms with Gasteiger partial charge in [-0.25, -0.2) is 4.79 Å². The molecule has 5 nitrogen and oxygen atoms in total. The maximum Gasteiger partial charge on any atom is 0.343 e. The minimum Gasteiger partial charge on any atom is -0.465 e. The van der Waals surface area contributed by atoms with Crippen molar-refractivity contribution in [3.63, 3.8) is 0 Å². The Hall–Kier alpha value is -3.57. The van der Waals surface area contributed by atoms with E-state index in [0.29, 0.717) is 16.4 Å². The van der Waals surface area contributed by atoms with E-state index in [2.05, 4.69) is 10.6 Å². The SMILES string of the molecule is COC(=O)C1=C(C)N(c2cc(C)cc(C)c2)/C(=C/c2cc(C)n(-c3ccc(Cl)cc3)c2C)C1=O. The second kappa shape index (κ2) is 8.99. The quantitative estimate of drug-likeness (QED) is 0.255. The Kier molecular flexibility index (Phi) is 6.24. The second-order valence-electron chi connectivity index (χ2n) is 8.63. The van der Waals surface area contributed by atoms with Gasteiger partial charge in [0.05, 0.1) is 12.8 Å². The average molecular weight is 475 g/mol. The molecule has 1 aromatic heterocycles. The number of benzene rings is 2. The molecule has 2 heterocycles. The molecule has 6 heteroatoms. The number of hydrogen-bond acceptors (Lipinski definition) is 4. The van der Waals surface area contributed by atoms with Gasteiger partial charge in [0.15, 0.2) is 0 Å². The number of Topliss-reactive ketones (excluding diaryl/α,β-unsaturated/α-hetero) is 1. The lowest BCUT2D eigenvalue weighted by atomic mass is 10.1. The van der Waals surface area contributed by atoms with Gasteiger partial charge in [-0.1, -0.05) is 17.7 Å². The third-order valence-corrected chi connectivity index (χ3v) is 6.35. The largest absolute Gasteiger partial charge is 0.465 e. The molecule has 0 saturated carbocycles. The van der Waals surface area contributed by atoms with E-state index >= 15 is 0 Å². The molecule has 1 aliphatic rings. The fraction of sp³-hybridized carbons (Fsp3) is 0.214. The van der Waals surface area contributed by atoms with Crippen LogP contribution in [0.2, 0.25) is 5.02 Å². The summed E-state index contributed by atoms with van der Waals surface area (Å²) in [5.41, 5.74) is 7.88. The van der Waals surface area contributed by atoms with Crippen molar-refractivity contribution in [3.8, 4) is 5.69 Å². The van der Waals surface area contributed by atoms with Gasteiger partial charge in [-0.15, -0.1) is 0 Å². The Morgan fingerprint density at radius 3 is 2.12 bits per heavy atom. The lowest BCUT2D eigenvalue weighted by Gasteiger charge is -2.22. The molecule has 0 fully saturated rings. The molecular weight excluding hydrogens is 448 g/mol. The third kappa shape index (κ3) is 4.08. The number of aryl methyl sites for hydroxylation is 3. The molecule has 0 atom stereocenters. The van der Waals surface area contributed by atoms with Gasteiger partial charge >= 0.3 is 5.97 Å². The van der Waals surface area contributed by atoms with Crippen LogP contribution in [0.1, 0.15) is 35.0 Å². The number of methoxy groups -OCH3 is 1. The predicted molar refractivity (Wildman–Crippen MR) is 136 cm³/mol. The van der Waals surface area contributed by atoms with Gasteiger partial charge in [-0.05, 0) is 99.8 Å². The molecule has 3 aromatic rings. The number of rotatable bonds is 4. The van der Waals surface area contributed by atoms with Crippen molar-refractivity contribution in [1.29, 1.82) is 0 Å². The summed E-state index contributed by atoms with van der Waals surface area (Å²) in [4.78, 5) is 27.9. The van der Waals surface area contributed by atoms with Crippen molar-refractivity contribution in [1.82, 2.24) is 4.57 Å². The number of anilines is 1. The smallest absolute Gasteiger partial charge is 0.343 e. The number of allylic oxidation sites excluding steroid dienone is 2. The van der Waals surface area contributed by atoms with E-state index in [1.807, 2.05) is 81.1 Å². The molecule has 0 saturated heterocycles. The van der Waals surface area contributed by atoms with Crippen molar-refractivity contribution >= 4 is 35.1 Å². The Bertz CT molecular complexity index is 1360. The monoisotopic (exact) mass is 474 g/mol. The van der Waals surface area contributed by atoms with Crippen LogP contribution in [0.4, 0.5) is 5.69 Å². The van der Waals surface area contributed by atoms with Crippen LogP contribution < -0.4 is 4.90 Å². The number of ketones is 1. The van der Waals surface area contributed by atoms with Gasteiger partial charge in [0.25, 0.3) is 0 Å². The van der Waals surface area contributed by atoms with Gasteiger partial charge in [-0.3, -0.25) is 4.79 Å². The molecule has 0 unspecified atom stereocenters. The normalized spacial score (nSPS) is 15.0. The zero-order valence-electron chi connectivity index (χ0n) is 20.2. The van der Waals surface area contributed by atoms with Gasteiger partial charge in [-0.2, -0.15) is 0 Å². The van der Waals surface area contributed by atoms with Crippen molar-refractivity contribution in [2.75, 3.05) is 12.0 Å². The number of ether oxygens (including phenoxy) is 1. The summed E-state index contributed by atoms with van der Waals surface area (Å²) in [5, 5.41) is 0.672. The van der Waals surface area contributed by atoms with E-state index in [-0.39, 0.29) is 11.4 Å². The fourth-order valence-electron chi connectivity index (χ4n) is 4.64. The Morgan fingerprint density at radius 2 is 1.53 bits per heavy atom. The maximum absolute atomic E-state index is 13.5. The van der Waals surface area contributed by atoms with Crippen LogP contribution in [0.3, 0.4) is 0 Å². The molecule has 174 valence electrons. The number of esters is 1. The van der Waals surface area contributed by atoms with Crippen LogP contribution in [0.5, 0.6) is 0 Å². The zero-order chi connectivity index (χ0) is 24.7. The highest BCUT2D eigenvalue weighted by Gasteiger charge is 2.38. The molecule has 0 bridgehead atoms. The number of halogens is 1. The minimum absolute atomic E-state index is 0.0550. The van der Waals surface area contributed by atoms with Crippen LogP contribution in [0.15, 0.2) is 65.5 Å². The fourth-order valence-corrected chi connectivity index (χ4v) is 4.77. The molecule has 0 aliphatic carbocycles. The van der Waals surface area contributed by atoms with Crippen molar-refractivity contribution in [2.45, 2.75) is 34.6 Å². The molecule has 0 spiro atoms. The number of carbonyl (C=O) groups is 2. The van der Waals surface area contributed by atoms with Gasteiger partial charge in [0, 0.05) is 33.5 Å². The van der Waals surface area contributed by atoms with Crippen LogP contribution >= 0.6 is 11.6 Å². The Labute approximate surface area is 204 Å². The third-order valence-electron chi connectivity index (χ3n) is 6.10. The lowest BCUT2D eigenvalue weighted by Crippen LogP contribution is -2.18. The highest BCUT2D eigenvalue weighted by Crippen LogP contribution is 2.37. The highest BCUT2D eigenvalue weighted by molar-refractivity contribution is 6.31. The first-order valence-electron chi connectivity index (χ1n) is 11.0. The van der Waals surface area contributed by atoms with Crippen LogP contribution in [-0.2, 0) is 14.3 Å². The summed E-state index contributed by atoms with van der Waals surface area (Å²) in [6.07, 6.45) is 1.86. The minimum atomic E-state index is -0.632. The topological polar surface area (TPSA) is 51.5 Å². The van der Waals surface area contributed by atoms with Crippen molar-refractivity contribution in [3.05, 3.63) is 98.6 Å². The van der Waals surface area contributed by atoms with E-state index in [1.54, 1.807) is 6.92 Å². The Balaban J connectivity index is 1.89. The number of aromatic nitrogens is 1. The highest BCUT2D eigenvalue weighted by atomic mass is 35.5. The first-order valence-corrected chi connectivity index (χ1v) is 11.4. The zero-order valence-corrected chi connectivity index (χ0v) is 20.9. The van der Waals surface area contributed by atoms with Gasteiger partial charge in [0.1, 0.15) is 5.57 Å². The molecule has 0 radical (unpaired) electrons. The summed E-state index contributed by atoms with van der Waals surface area (Å²) < 4.78 is 7.05. The molecule has 1 aliphatic heterocycles. The van der Waals surface area contributed by atoms with E-state index in [9.17, 15) is 9.59 Å². The standard InChI is InChI=1S/C28H27ClN2O3/c1-16-11-17(2)13-24(12-16)31-20(5)26(28(33)34-6)27(32)25(31)15-21-14-18(3)30(19(21)4)23-9-7-22(29)8-10-23/h7-15H,1-6H3/b25-15+. The Morgan fingerprint density at radius 1 is 0.912 bits per heavy atom. The predicted octanol–water partition coefficient (Wildman–Crippen LogP) is 6.24. The van der Waals surface area contributed by atoms with E-state index < -0.39 is 5.97 Å². The molecule has 34 heavy (non-hydrogen) atoms. The molecular formula is C28H27ClN2O3. The first kappa shape index (κ1) is 23.6. The van der Waals surface area contributed by atoms with Gasteiger partial charge in [0.2, 0.25) is 5.78 Å². The molecule has 4 rings (SSSR count). The molecule has 0 N–H and O–H groups in total. The summed E-state index contributed by atoms with van der Waals surface area (Å²) in [5.74, 6) is -0.980. The van der Waals surface area contributed by atoms with E-state index in [0.717, 1.165) is 39.5 Å². The maximum atomic E-state index is 13.5. The summed E-state index contributed by atoms with van der Waals surface area (Å²) in [7, 11) is 1.29. The lowest BCUT2D eigenvalue weighted by molar-refractivity contribution is -0.137. The van der Waals surface area contributed by atoms with Crippen molar-refractivity contribution < 1.29 is 14.3 Å². The molecule has 2 aromatic carbocycles. The molecule has 0 amide bonds. The second-order valence-corrected chi connectivity index (χ2v) is 9.07. The van der Waals surface area contributed by atoms with Crippen LogP contribution in [0.25, 0.3) is 11.8 Å². The summed E-state index contributed by atoms with van der Waals surface area (Å²) >= 11 is 6.07. The van der Waals surface area contributed by atoms with Crippen LogP contribution in [0, 0.1) is 27.7 Å². The van der Waals surface area contributed by atoms with E-state index in [4.69, 9.17) is 16.3 Å². The van der Waals surface area contributed by atoms with Crippen molar-refractivity contribution in [2.24, 2.45) is 0 Å². The number of carbonyl (C=O) groups excluding carboxylic acids is 2. The van der Waals surface area contributed by atoms with E-state index in [1.165, 1.54) is 7.11 Å². The summed E-state index contributed by atoms with van der Waals surface area (Å²) in [6, 6.07) is 15.8. The van der Waals surface area contributed by atoms with Gasteiger partial charge < -0.3 is 14.2 Å². The number of hydrogen-bond donors (Lipinski definition) is 0. The van der Waals surface area contributed by atoms with Crippen LogP contribution in [-0.4, -0.2) is 23.4 Å². The number of nitrogens with zero attached hydrogens (tertiary/aromatic N) is 2. The summed E-state index contributed by atoms with van der Waals surface area (Å²) in [6.45, 7) is 9.83. The average Bonchev–Trinajstić information content (AvgIpc) is 3.19. The first-order chi connectivity index (χ1) is 16.1.